The molecular weight excluding hydrogens is 405 g/mol. The Labute approximate surface area is 169 Å². The van der Waals surface area contributed by atoms with E-state index in [1.54, 1.807) is 30.5 Å². The number of amides is 2. The molecule has 2 heterocycles. The van der Waals surface area contributed by atoms with E-state index in [1.165, 1.54) is 6.07 Å². The fourth-order valence-corrected chi connectivity index (χ4v) is 3.18. The van der Waals surface area contributed by atoms with Gasteiger partial charge >= 0.3 is 0 Å². The molecule has 7 nitrogen and oxygen atoms in total. The van der Waals surface area contributed by atoms with Crippen LogP contribution in [0.5, 0.6) is 11.5 Å². The summed E-state index contributed by atoms with van der Waals surface area (Å²) in [6.45, 7) is -0.347. The zero-order chi connectivity index (χ0) is 19.7. The zero-order valence-electron chi connectivity index (χ0n) is 14.3. The van der Waals surface area contributed by atoms with Gasteiger partial charge in [-0.25, -0.2) is 0 Å². The molecule has 2 N–H and O–H groups in total. The SMILES string of the molecule is O=C(COc1ccc(Cl)c2cccnc12)Nc1cc2c(cc1Cl)NC(=O)CO2. The summed E-state index contributed by atoms with van der Waals surface area (Å²) in [4.78, 5) is 27.9. The van der Waals surface area contributed by atoms with Crippen LogP contribution in [-0.4, -0.2) is 30.0 Å². The van der Waals surface area contributed by atoms with Gasteiger partial charge in [0, 0.05) is 17.6 Å². The van der Waals surface area contributed by atoms with Crippen molar-refractivity contribution < 1.29 is 19.1 Å². The smallest absolute Gasteiger partial charge is 0.262 e. The van der Waals surface area contributed by atoms with Gasteiger partial charge in [-0.05, 0) is 30.3 Å². The lowest BCUT2D eigenvalue weighted by Crippen LogP contribution is -2.26. The molecule has 0 saturated carbocycles. The molecule has 1 aliphatic heterocycles. The molecule has 1 aliphatic rings. The lowest BCUT2D eigenvalue weighted by molar-refractivity contribution is -0.119. The van der Waals surface area contributed by atoms with Crippen LogP contribution in [0.4, 0.5) is 11.4 Å². The summed E-state index contributed by atoms with van der Waals surface area (Å²) >= 11 is 12.3. The molecule has 142 valence electrons. The Kier molecular flexibility index (Phi) is 4.93. The Morgan fingerprint density at radius 1 is 1.25 bits per heavy atom. The van der Waals surface area contributed by atoms with Crippen LogP contribution in [0.3, 0.4) is 0 Å². The van der Waals surface area contributed by atoms with Gasteiger partial charge in [-0.1, -0.05) is 23.2 Å². The van der Waals surface area contributed by atoms with Crippen molar-refractivity contribution in [3.8, 4) is 11.5 Å². The summed E-state index contributed by atoms with van der Waals surface area (Å²) in [5.74, 6) is 0.184. The number of nitrogens with one attached hydrogen (secondary N) is 2. The number of pyridine rings is 1. The van der Waals surface area contributed by atoms with Gasteiger partial charge in [0.2, 0.25) is 0 Å². The molecule has 0 atom stereocenters. The third kappa shape index (κ3) is 3.67. The number of ether oxygens (including phenoxy) is 2. The van der Waals surface area contributed by atoms with E-state index in [2.05, 4.69) is 15.6 Å². The number of benzene rings is 2. The van der Waals surface area contributed by atoms with E-state index in [4.69, 9.17) is 32.7 Å². The number of nitrogens with zero attached hydrogens (tertiary/aromatic N) is 1. The molecular formula is C19H13Cl2N3O4. The summed E-state index contributed by atoms with van der Waals surface area (Å²) in [5.41, 5.74) is 1.37. The average molecular weight is 418 g/mol. The molecule has 4 rings (SSSR count). The average Bonchev–Trinajstić information content (AvgIpc) is 2.68. The van der Waals surface area contributed by atoms with Crippen LogP contribution in [0.2, 0.25) is 10.0 Å². The second kappa shape index (κ2) is 7.53. The first-order valence-electron chi connectivity index (χ1n) is 8.23. The van der Waals surface area contributed by atoms with E-state index in [0.717, 1.165) is 5.39 Å². The van der Waals surface area contributed by atoms with Crippen molar-refractivity contribution in [1.82, 2.24) is 4.98 Å². The van der Waals surface area contributed by atoms with E-state index in [9.17, 15) is 9.59 Å². The van der Waals surface area contributed by atoms with Crippen LogP contribution in [0.1, 0.15) is 0 Å². The maximum atomic E-state index is 12.3. The molecule has 0 saturated heterocycles. The molecule has 0 aliphatic carbocycles. The highest BCUT2D eigenvalue weighted by atomic mass is 35.5. The number of hydrogen-bond donors (Lipinski definition) is 2. The van der Waals surface area contributed by atoms with E-state index in [1.807, 2.05) is 6.07 Å². The molecule has 28 heavy (non-hydrogen) atoms. The minimum Gasteiger partial charge on any atom is -0.482 e. The monoisotopic (exact) mass is 417 g/mol. The molecule has 2 amide bonds. The molecule has 1 aromatic heterocycles. The lowest BCUT2D eigenvalue weighted by atomic mass is 10.2. The lowest BCUT2D eigenvalue weighted by Gasteiger charge is -2.19. The second-order valence-electron chi connectivity index (χ2n) is 5.95. The second-order valence-corrected chi connectivity index (χ2v) is 6.76. The number of anilines is 2. The van der Waals surface area contributed by atoms with Gasteiger partial charge in [-0.2, -0.15) is 0 Å². The van der Waals surface area contributed by atoms with Crippen molar-refractivity contribution in [2.75, 3.05) is 23.8 Å². The Hall–Kier alpha value is -3.03. The molecule has 9 heteroatoms. The normalized spacial score (nSPS) is 12.7. The van der Waals surface area contributed by atoms with Crippen LogP contribution >= 0.6 is 23.2 Å². The van der Waals surface area contributed by atoms with Crippen molar-refractivity contribution >= 4 is 57.3 Å². The van der Waals surface area contributed by atoms with Crippen molar-refractivity contribution in [1.29, 1.82) is 0 Å². The Balaban J connectivity index is 1.47. The zero-order valence-corrected chi connectivity index (χ0v) is 15.8. The van der Waals surface area contributed by atoms with Gasteiger partial charge in [0.05, 0.1) is 21.4 Å². The first kappa shape index (κ1) is 18.3. The highest BCUT2D eigenvalue weighted by Crippen LogP contribution is 2.36. The quantitative estimate of drug-likeness (QED) is 0.671. The van der Waals surface area contributed by atoms with Crippen LogP contribution in [-0.2, 0) is 9.59 Å². The summed E-state index contributed by atoms with van der Waals surface area (Å²) in [5, 5.41) is 6.86. The molecule has 0 unspecified atom stereocenters. The highest BCUT2D eigenvalue weighted by molar-refractivity contribution is 6.35. The molecule has 0 spiro atoms. The maximum Gasteiger partial charge on any atom is 0.262 e. The number of carbonyl (C=O) groups excluding carboxylic acids is 2. The van der Waals surface area contributed by atoms with E-state index < -0.39 is 5.91 Å². The predicted octanol–water partition coefficient (Wildman–Crippen LogP) is 3.89. The van der Waals surface area contributed by atoms with Gasteiger partial charge in [-0.15, -0.1) is 0 Å². The molecule has 0 radical (unpaired) electrons. The number of aromatic nitrogens is 1. The summed E-state index contributed by atoms with van der Waals surface area (Å²) < 4.78 is 10.9. The third-order valence-corrected chi connectivity index (χ3v) is 4.66. The Bertz CT molecular complexity index is 1100. The highest BCUT2D eigenvalue weighted by Gasteiger charge is 2.19. The first-order valence-corrected chi connectivity index (χ1v) is 8.99. The minimum atomic E-state index is -0.416. The largest absolute Gasteiger partial charge is 0.482 e. The van der Waals surface area contributed by atoms with Crippen LogP contribution in [0.15, 0.2) is 42.6 Å². The van der Waals surface area contributed by atoms with Crippen molar-refractivity contribution in [3.05, 3.63) is 52.6 Å². The number of carbonyl (C=O) groups is 2. The fraction of sp³-hybridized carbons (Fsp3) is 0.105. The molecule has 2 aromatic carbocycles. The molecule has 0 bridgehead atoms. The Morgan fingerprint density at radius 3 is 2.96 bits per heavy atom. The van der Waals surface area contributed by atoms with E-state index >= 15 is 0 Å². The van der Waals surface area contributed by atoms with Crippen LogP contribution < -0.4 is 20.1 Å². The van der Waals surface area contributed by atoms with Gasteiger partial charge < -0.3 is 20.1 Å². The van der Waals surface area contributed by atoms with Gasteiger partial charge in [-0.3, -0.25) is 14.6 Å². The van der Waals surface area contributed by atoms with Gasteiger partial charge in [0.25, 0.3) is 11.8 Å². The van der Waals surface area contributed by atoms with Crippen molar-refractivity contribution in [2.45, 2.75) is 0 Å². The van der Waals surface area contributed by atoms with Gasteiger partial charge in [0.1, 0.15) is 17.0 Å². The standard InChI is InChI=1S/C19H13Cl2N3O4/c20-11-3-4-15(19-10(11)2-1-5-22-19)27-8-17(25)23-13-7-16-14(6-12(13)21)24-18(26)9-28-16/h1-7H,8-9H2,(H,23,25)(H,24,26). The van der Waals surface area contributed by atoms with Crippen molar-refractivity contribution in [2.24, 2.45) is 0 Å². The van der Waals surface area contributed by atoms with Crippen molar-refractivity contribution in [3.63, 3.8) is 0 Å². The predicted molar refractivity (Wildman–Crippen MR) is 106 cm³/mol. The number of rotatable bonds is 4. The van der Waals surface area contributed by atoms with Crippen LogP contribution in [0, 0.1) is 0 Å². The number of fused-ring (bicyclic) bond motifs is 2. The first-order chi connectivity index (χ1) is 13.5. The fourth-order valence-electron chi connectivity index (χ4n) is 2.75. The summed E-state index contributed by atoms with van der Waals surface area (Å²) in [7, 11) is 0. The number of hydrogen-bond acceptors (Lipinski definition) is 5. The third-order valence-electron chi connectivity index (χ3n) is 4.01. The minimum absolute atomic E-state index is 0.0955. The van der Waals surface area contributed by atoms with E-state index in [0.29, 0.717) is 33.4 Å². The molecule has 3 aromatic rings. The molecule has 0 fully saturated rings. The van der Waals surface area contributed by atoms with E-state index in [-0.39, 0.29) is 24.1 Å². The van der Waals surface area contributed by atoms with Gasteiger partial charge in [0.15, 0.2) is 13.2 Å². The maximum absolute atomic E-state index is 12.3. The summed E-state index contributed by atoms with van der Waals surface area (Å²) in [6, 6.07) is 10.0. The van der Waals surface area contributed by atoms with Crippen LogP contribution in [0.25, 0.3) is 10.9 Å². The topological polar surface area (TPSA) is 89.5 Å². The Morgan fingerprint density at radius 2 is 2.11 bits per heavy atom. The number of halogens is 2. The summed E-state index contributed by atoms with van der Waals surface area (Å²) in [6.07, 6.45) is 1.62.